The third kappa shape index (κ3) is 6.10. The molecule has 0 radical (unpaired) electrons. The Labute approximate surface area is 212 Å². The van der Waals surface area contributed by atoms with Gasteiger partial charge in [-0.25, -0.2) is 13.6 Å². The van der Waals surface area contributed by atoms with Crippen molar-refractivity contribution in [1.29, 1.82) is 0 Å². The fourth-order valence-electron chi connectivity index (χ4n) is 4.24. The van der Waals surface area contributed by atoms with Crippen LogP contribution in [-0.4, -0.2) is 49.2 Å². The van der Waals surface area contributed by atoms with Crippen molar-refractivity contribution in [2.45, 2.75) is 71.5 Å². The van der Waals surface area contributed by atoms with Crippen molar-refractivity contribution in [3.05, 3.63) is 52.9 Å². The number of nitrogens with one attached hydrogen (secondary N) is 1. The SMILES string of the molecule is CC[Si](C)(C)c1c(F)cc(NC(=O)C2c3ccc(COC)nc3CCN2C(=O)OC(C)(C)C)cc1F. The van der Waals surface area contributed by atoms with E-state index < -0.39 is 43.4 Å². The third-order valence-electron chi connectivity index (χ3n) is 6.30. The first kappa shape index (κ1) is 27.7. The number of halogens is 2. The predicted molar refractivity (Wildman–Crippen MR) is 137 cm³/mol. The number of carbonyl (C=O) groups excluding carboxylic acids is 2. The van der Waals surface area contributed by atoms with Gasteiger partial charge in [0.2, 0.25) is 0 Å². The Bertz CT molecular complexity index is 1130. The van der Waals surface area contributed by atoms with Crippen LogP contribution in [-0.2, 0) is 27.3 Å². The van der Waals surface area contributed by atoms with E-state index in [1.807, 2.05) is 20.0 Å². The number of anilines is 1. The van der Waals surface area contributed by atoms with Gasteiger partial charge in [0.1, 0.15) is 23.3 Å². The minimum Gasteiger partial charge on any atom is -0.444 e. The maximum absolute atomic E-state index is 15.0. The van der Waals surface area contributed by atoms with E-state index >= 15 is 0 Å². The number of benzene rings is 1. The van der Waals surface area contributed by atoms with Gasteiger partial charge in [-0.05, 0) is 39.0 Å². The summed E-state index contributed by atoms with van der Waals surface area (Å²) in [6.45, 7) is 11.4. The molecule has 0 spiro atoms. The lowest BCUT2D eigenvalue weighted by Crippen LogP contribution is -2.47. The zero-order valence-electron chi connectivity index (χ0n) is 22.0. The van der Waals surface area contributed by atoms with Gasteiger partial charge < -0.3 is 14.8 Å². The summed E-state index contributed by atoms with van der Waals surface area (Å²) < 4.78 is 40.6. The van der Waals surface area contributed by atoms with Crippen molar-refractivity contribution in [2.75, 3.05) is 19.0 Å². The maximum Gasteiger partial charge on any atom is 0.411 e. The van der Waals surface area contributed by atoms with Gasteiger partial charge in [-0.3, -0.25) is 14.7 Å². The van der Waals surface area contributed by atoms with Crippen LogP contribution in [0.25, 0.3) is 0 Å². The van der Waals surface area contributed by atoms with Crippen LogP contribution in [0.15, 0.2) is 24.3 Å². The predicted octanol–water partition coefficient (Wildman–Crippen LogP) is 4.91. The molecule has 1 aliphatic rings. The van der Waals surface area contributed by atoms with Gasteiger partial charge in [0.05, 0.1) is 20.4 Å². The lowest BCUT2D eigenvalue weighted by atomic mass is 9.95. The van der Waals surface area contributed by atoms with Gasteiger partial charge in [0, 0.05) is 42.2 Å². The molecular formula is C26H35F2N3O4Si. The van der Waals surface area contributed by atoms with Crippen molar-refractivity contribution < 1.29 is 27.8 Å². The molecule has 1 aliphatic heterocycles. The van der Waals surface area contributed by atoms with Crippen LogP contribution in [0.1, 0.15) is 50.7 Å². The van der Waals surface area contributed by atoms with E-state index in [1.165, 1.54) is 4.90 Å². The normalized spacial score (nSPS) is 15.9. The second kappa shape index (κ2) is 10.6. The zero-order valence-corrected chi connectivity index (χ0v) is 23.0. The smallest absolute Gasteiger partial charge is 0.411 e. The van der Waals surface area contributed by atoms with Crippen LogP contribution in [0.2, 0.25) is 19.1 Å². The number of hydrogen-bond acceptors (Lipinski definition) is 5. The molecule has 1 N–H and O–H groups in total. The summed E-state index contributed by atoms with van der Waals surface area (Å²) in [4.78, 5) is 32.5. The number of amides is 2. The number of pyridine rings is 1. The van der Waals surface area contributed by atoms with E-state index in [1.54, 1.807) is 40.0 Å². The Hall–Kier alpha value is -2.85. The molecular weight excluding hydrogens is 484 g/mol. The van der Waals surface area contributed by atoms with Gasteiger partial charge in [0.25, 0.3) is 5.91 Å². The minimum atomic E-state index is -2.30. The Kier molecular flexibility index (Phi) is 8.19. The first-order chi connectivity index (χ1) is 16.8. The highest BCUT2D eigenvalue weighted by atomic mass is 28.3. The standard InChI is InChI=1S/C26H35F2N3O4Si/c1-8-36(6,7)23-19(27)13-17(14-20(23)28)30-24(32)22-18-10-9-16(15-34-5)29-21(18)11-12-31(22)25(33)35-26(2,3)4/h9-10,13-14,22H,8,11-12,15H2,1-7H3,(H,30,32). The number of ether oxygens (including phenoxy) is 2. The van der Waals surface area contributed by atoms with E-state index in [4.69, 9.17) is 9.47 Å². The van der Waals surface area contributed by atoms with Crippen LogP contribution < -0.4 is 10.5 Å². The molecule has 196 valence electrons. The highest BCUT2D eigenvalue weighted by Gasteiger charge is 2.39. The van der Waals surface area contributed by atoms with Crippen LogP contribution in [0, 0.1) is 11.6 Å². The molecule has 0 aliphatic carbocycles. The number of methoxy groups -OCH3 is 1. The van der Waals surface area contributed by atoms with E-state index in [0.29, 0.717) is 36.0 Å². The number of carbonyl (C=O) groups is 2. The van der Waals surface area contributed by atoms with Crippen molar-refractivity contribution in [3.8, 4) is 0 Å². The molecule has 10 heteroatoms. The molecule has 3 rings (SSSR count). The Morgan fingerprint density at radius 2 is 1.83 bits per heavy atom. The number of aromatic nitrogens is 1. The average Bonchev–Trinajstić information content (AvgIpc) is 2.76. The molecule has 1 atom stereocenters. The summed E-state index contributed by atoms with van der Waals surface area (Å²) >= 11 is 0. The summed E-state index contributed by atoms with van der Waals surface area (Å²) in [5.41, 5.74) is 1.11. The van der Waals surface area contributed by atoms with Crippen molar-refractivity contribution >= 4 is 30.9 Å². The molecule has 2 aromatic rings. The van der Waals surface area contributed by atoms with Crippen LogP contribution in [0.5, 0.6) is 0 Å². The third-order valence-corrected chi connectivity index (χ3v) is 9.90. The molecule has 2 amide bonds. The molecule has 0 saturated heterocycles. The van der Waals surface area contributed by atoms with Gasteiger partial charge in [-0.2, -0.15) is 0 Å². The fraction of sp³-hybridized carbons (Fsp3) is 0.500. The van der Waals surface area contributed by atoms with Gasteiger partial charge in [-0.15, -0.1) is 0 Å². The molecule has 1 aromatic heterocycles. The second-order valence-corrected chi connectivity index (χ2v) is 15.6. The van der Waals surface area contributed by atoms with Crippen LogP contribution >= 0.6 is 0 Å². The van der Waals surface area contributed by atoms with Crippen molar-refractivity contribution in [3.63, 3.8) is 0 Å². The summed E-state index contributed by atoms with van der Waals surface area (Å²) in [7, 11) is -0.732. The number of nitrogens with zero attached hydrogens (tertiary/aromatic N) is 2. The van der Waals surface area contributed by atoms with E-state index in [9.17, 15) is 18.4 Å². The summed E-state index contributed by atoms with van der Waals surface area (Å²) in [6, 6.07) is 5.34. The van der Waals surface area contributed by atoms with E-state index in [0.717, 1.165) is 12.1 Å². The molecule has 36 heavy (non-hydrogen) atoms. The lowest BCUT2D eigenvalue weighted by Gasteiger charge is -2.36. The maximum atomic E-state index is 15.0. The van der Waals surface area contributed by atoms with Crippen LogP contribution in [0.4, 0.5) is 19.3 Å². The Morgan fingerprint density at radius 1 is 1.19 bits per heavy atom. The first-order valence-corrected chi connectivity index (χ1v) is 15.3. The average molecular weight is 520 g/mol. The number of fused-ring (bicyclic) bond motifs is 1. The quantitative estimate of drug-likeness (QED) is 0.549. The van der Waals surface area contributed by atoms with Crippen molar-refractivity contribution in [2.24, 2.45) is 0 Å². The van der Waals surface area contributed by atoms with E-state index in [-0.39, 0.29) is 17.4 Å². The minimum absolute atomic E-state index is 0.0140. The summed E-state index contributed by atoms with van der Waals surface area (Å²) in [5, 5.41) is 2.72. The van der Waals surface area contributed by atoms with Crippen LogP contribution in [0.3, 0.4) is 0 Å². The highest BCUT2D eigenvalue weighted by molar-refractivity contribution is 6.89. The molecule has 2 heterocycles. The topological polar surface area (TPSA) is 80.8 Å². The molecule has 0 saturated carbocycles. The monoisotopic (exact) mass is 519 g/mol. The Balaban J connectivity index is 1.98. The summed E-state index contributed by atoms with van der Waals surface area (Å²) in [6.07, 6.45) is -0.234. The Morgan fingerprint density at radius 3 is 2.39 bits per heavy atom. The van der Waals surface area contributed by atoms with Crippen molar-refractivity contribution in [1.82, 2.24) is 9.88 Å². The number of rotatable bonds is 6. The van der Waals surface area contributed by atoms with E-state index in [2.05, 4.69) is 10.3 Å². The molecule has 7 nitrogen and oxygen atoms in total. The summed E-state index contributed by atoms with van der Waals surface area (Å²) in [5.74, 6) is -1.97. The molecule has 1 unspecified atom stereocenters. The second-order valence-electron chi connectivity index (χ2n) is 10.6. The molecule has 1 aromatic carbocycles. The largest absolute Gasteiger partial charge is 0.444 e. The highest BCUT2D eigenvalue weighted by Crippen LogP contribution is 2.32. The van der Waals surface area contributed by atoms with Gasteiger partial charge in [0.15, 0.2) is 0 Å². The molecule has 0 fully saturated rings. The molecule has 0 bridgehead atoms. The number of hydrogen-bond donors (Lipinski definition) is 1. The van der Waals surface area contributed by atoms with Gasteiger partial charge in [-0.1, -0.05) is 32.1 Å². The fourth-order valence-corrected chi connectivity index (χ4v) is 6.03. The zero-order chi connectivity index (χ0) is 26.8. The lowest BCUT2D eigenvalue weighted by molar-refractivity contribution is -0.122. The van der Waals surface area contributed by atoms with Gasteiger partial charge >= 0.3 is 6.09 Å². The first-order valence-electron chi connectivity index (χ1n) is 12.0.